The number of amides is 2. The number of carbonyl (C=O) groups is 2. The molecule has 0 aliphatic heterocycles. The van der Waals surface area contributed by atoms with Crippen LogP contribution in [0.25, 0.3) is 0 Å². The molecule has 0 unspecified atom stereocenters. The monoisotopic (exact) mass is 301 g/mol. The second-order valence-electron chi connectivity index (χ2n) is 5.46. The number of methoxy groups -OCH3 is 1. The number of likely N-dealkylation sites (N-methyl/N-ethyl adjacent to an activating group) is 1. The molecule has 0 aromatic rings. The topological polar surface area (TPSA) is 84.7 Å². The van der Waals surface area contributed by atoms with Crippen LogP contribution in [-0.2, 0) is 14.3 Å². The van der Waals surface area contributed by atoms with Crippen molar-refractivity contribution in [2.75, 3.05) is 33.9 Å². The molecule has 0 spiro atoms. The maximum Gasteiger partial charge on any atom is 0.239 e. The minimum Gasteiger partial charge on any atom is -0.392 e. The number of hydrogen-bond donors (Lipinski definition) is 2. The van der Waals surface area contributed by atoms with Crippen LogP contribution in [0.1, 0.15) is 19.8 Å². The lowest BCUT2D eigenvalue weighted by Gasteiger charge is -2.45. The Bertz CT molecular complexity index is 394. The van der Waals surface area contributed by atoms with Gasteiger partial charge in [0, 0.05) is 20.7 Å². The Morgan fingerprint density at radius 3 is 2.55 bits per heavy atom. The summed E-state index contributed by atoms with van der Waals surface area (Å²) in [6.45, 7) is 2.93. The average Bonchev–Trinajstić information content (AvgIpc) is 2.33. The number of ether oxygens (including phenoxy) is 1. The second-order valence-corrected chi connectivity index (χ2v) is 5.90. The van der Waals surface area contributed by atoms with Crippen molar-refractivity contribution in [2.45, 2.75) is 19.8 Å². The lowest BCUT2D eigenvalue weighted by atomic mass is 9.61. The molecule has 2 amide bonds. The molecule has 1 aliphatic carbocycles. The van der Waals surface area contributed by atoms with E-state index in [0.29, 0.717) is 31.9 Å². The van der Waals surface area contributed by atoms with Gasteiger partial charge in [0.2, 0.25) is 11.8 Å². The van der Waals surface area contributed by atoms with E-state index in [1.54, 1.807) is 14.2 Å². The molecule has 0 aromatic heterocycles. The summed E-state index contributed by atoms with van der Waals surface area (Å²) in [6.07, 6.45) is 1.33. The molecule has 0 aromatic carbocycles. The Morgan fingerprint density at radius 2 is 2.10 bits per heavy atom. The van der Waals surface area contributed by atoms with E-state index in [1.165, 1.54) is 4.90 Å². The molecule has 1 rings (SSSR count). The highest BCUT2D eigenvalue weighted by Crippen LogP contribution is 2.46. The van der Waals surface area contributed by atoms with Gasteiger partial charge in [0.05, 0.1) is 23.6 Å². The molecule has 1 fully saturated rings. The lowest BCUT2D eigenvalue weighted by Crippen LogP contribution is -2.57. The number of thiocarbonyl (C=S) groups is 1. The fourth-order valence-corrected chi connectivity index (χ4v) is 2.87. The molecule has 0 saturated heterocycles. The van der Waals surface area contributed by atoms with E-state index in [9.17, 15) is 9.59 Å². The van der Waals surface area contributed by atoms with Gasteiger partial charge in [-0.15, -0.1) is 0 Å². The molecule has 3 N–H and O–H groups in total. The maximum absolute atomic E-state index is 12.5. The summed E-state index contributed by atoms with van der Waals surface area (Å²) in [6, 6.07) is 0. The van der Waals surface area contributed by atoms with E-state index < -0.39 is 5.41 Å². The third-order valence-corrected chi connectivity index (χ3v) is 4.02. The summed E-state index contributed by atoms with van der Waals surface area (Å²) in [5, 5.41) is 2.67. The summed E-state index contributed by atoms with van der Waals surface area (Å²) in [5.41, 5.74) is 4.98. The van der Waals surface area contributed by atoms with Gasteiger partial charge in [0.25, 0.3) is 0 Å². The van der Waals surface area contributed by atoms with Gasteiger partial charge in [-0.2, -0.15) is 0 Å². The number of nitrogens with one attached hydrogen (secondary N) is 1. The quantitative estimate of drug-likeness (QED) is 0.507. The zero-order valence-electron chi connectivity index (χ0n) is 12.3. The predicted octanol–water partition coefficient (Wildman–Crippen LogP) is -0.0902. The van der Waals surface area contributed by atoms with Gasteiger partial charge in [-0.1, -0.05) is 19.1 Å². The Hall–Kier alpha value is -1.21. The molecule has 20 heavy (non-hydrogen) atoms. The molecular formula is C13H23N3O3S. The zero-order chi connectivity index (χ0) is 15.3. The van der Waals surface area contributed by atoms with Crippen LogP contribution in [0.15, 0.2) is 0 Å². The van der Waals surface area contributed by atoms with E-state index in [1.807, 2.05) is 0 Å². The zero-order valence-corrected chi connectivity index (χ0v) is 13.1. The van der Waals surface area contributed by atoms with Gasteiger partial charge in [-0.05, 0) is 18.8 Å². The van der Waals surface area contributed by atoms with Gasteiger partial charge >= 0.3 is 0 Å². The van der Waals surface area contributed by atoms with Gasteiger partial charge < -0.3 is 20.7 Å². The normalized spacial score (nSPS) is 24.6. The van der Waals surface area contributed by atoms with Crippen molar-refractivity contribution >= 4 is 29.0 Å². The van der Waals surface area contributed by atoms with Crippen molar-refractivity contribution < 1.29 is 14.3 Å². The molecule has 0 atom stereocenters. The number of nitrogens with zero attached hydrogens (tertiary/aromatic N) is 1. The van der Waals surface area contributed by atoms with Crippen LogP contribution >= 0.6 is 12.2 Å². The van der Waals surface area contributed by atoms with Crippen molar-refractivity contribution in [3.05, 3.63) is 0 Å². The lowest BCUT2D eigenvalue weighted by molar-refractivity contribution is -0.145. The van der Waals surface area contributed by atoms with Gasteiger partial charge in [0.15, 0.2) is 0 Å². The van der Waals surface area contributed by atoms with Gasteiger partial charge in [0.1, 0.15) is 0 Å². The molecular weight excluding hydrogens is 278 g/mol. The van der Waals surface area contributed by atoms with Crippen LogP contribution < -0.4 is 11.1 Å². The molecule has 0 radical (unpaired) electrons. The molecule has 1 aliphatic rings. The minimum atomic E-state index is -0.754. The van der Waals surface area contributed by atoms with E-state index in [4.69, 9.17) is 22.7 Å². The highest BCUT2D eigenvalue weighted by molar-refractivity contribution is 7.80. The summed E-state index contributed by atoms with van der Waals surface area (Å²) in [7, 11) is 3.16. The summed E-state index contributed by atoms with van der Waals surface area (Å²) < 4.78 is 4.84. The Balaban J connectivity index is 2.54. The maximum atomic E-state index is 12.5. The highest BCUT2D eigenvalue weighted by atomic mass is 32.1. The first-order valence-electron chi connectivity index (χ1n) is 6.64. The predicted molar refractivity (Wildman–Crippen MR) is 80.1 cm³/mol. The van der Waals surface area contributed by atoms with Gasteiger partial charge in [-0.25, -0.2) is 0 Å². The van der Waals surface area contributed by atoms with E-state index in [0.717, 1.165) is 0 Å². The van der Waals surface area contributed by atoms with Crippen LogP contribution in [0.5, 0.6) is 0 Å². The van der Waals surface area contributed by atoms with Crippen LogP contribution in [0.4, 0.5) is 0 Å². The molecule has 114 valence electrons. The van der Waals surface area contributed by atoms with Crippen molar-refractivity contribution in [3.63, 3.8) is 0 Å². The molecule has 7 heteroatoms. The number of rotatable bonds is 7. The Labute approximate surface area is 125 Å². The summed E-state index contributed by atoms with van der Waals surface area (Å²) in [5.74, 6) is 0.0535. The van der Waals surface area contributed by atoms with Gasteiger partial charge in [-0.3, -0.25) is 9.59 Å². The number of carbonyl (C=O) groups excluding carboxylic acids is 2. The van der Waals surface area contributed by atoms with Crippen LogP contribution in [0.3, 0.4) is 0 Å². The SMILES string of the molecule is COCCNC(=O)CN(C)C(=O)C1(C(N)=S)CC(C)C1. The standard InChI is InChI=1S/C13H23N3O3S/c1-9-6-13(7-9,11(14)20)12(18)16(2)8-10(17)15-4-5-19-3/h9H,4-8H2,1-3H3,(H2,14,20)(H,15,17). The number of nitrogens with two attached hydrogens (primary N) is 1. The first kappa shape index (κ1) is 16.8. The molecule has 6 nitrogen and oxygen atoms in total. The van der Waals surface area contributed by atoms with Crippen LogP contribution in [-0.4, -0.2) is 55.6 Å². The molecule has 1 saturated carbocycles. The third kappa shape index (κ3) is 3.67. The second kappa shape index (κ2) is 6.99. The number of hydrogen-bond acceptors (Lipinski definition) is 4. The third-order valence-electron chi connectivity index (χ3n) is 3.63. The van der Waals surface area contributed by atoms with E-state index >= 15 is 0 Å². The Morgan fingerprint density at radius 1 is 1.50 bits per heavy atom. The highest BCUT2D eigenvalue weighted by Gasteiger charge is 2.52. The van der Waals surface area contributed by atoms with Crippen LogP contribution in [0, 0.1) is 11.3 Å². The van der Waals surface area contributed by atoms with Crippen molar-refractivity contribution in [1.29, 1.82) is 0 Å². The average molecular weight is 301 g/mol. The van der Waals surface area contributed by atoms with Crippen LogP contribution in [0.2, 0.25) is 0 Å². The minimum absolute atomic E-state index is 0.00128. The Kier molecular flexibility index (Phi) is 5.88. The summed E-state index contributed by atoms with van der Waals surface area (Å²) >= 11 is 5.04. The first-order valence-corrected chi connectivity index (χ1v) is 7.05. The largest absolute Gasteiger partial charge is 0.392 e. The fourth-order valence-electron chi connectivity index (χ4n) is 2.61. The van der Waals surface area contributed by atoms with Crippen molar-refractivity contribution in [3.8, 4) is 0 Å². The van der Waals surface area contributed by atoms with Crippen molar-refractivity contribution in [1.82, 2.24) is 10.2 Å². The molecule has 0 bridgehead atoms. The fraction of sp³-hybridized carbons (Fsp3) is 0.769. The smallest absolute Gasteiger partial charge is 0.239 e. The van der Waals surface area contributed by atoms with E-state index in [2.05, 4.69) is 12.2 Å². The van der Waals surface area contributed by atoms with Crippen molar-refractivity contribution in [2.24, 2.45) is 17.1 Å². The van der Waals surface area contributed by atoms with E-state index in [-0.39, 0.29) is 23.3 Å². The summed E-state index contributed by atoms with van der Waals surface area (Å²) in [4.78, 5) is 25.8. The first-order chi connectivity index (χ1) is 9.33. The molecule has 0 heterocycles.